The van der Waals surface area contributed by atoms with Crippen LogP contribution in [0.5, 0.6) is 0 Å². The monoisotopic (exact) mass is 314 g/mol. The summed E-state index contributed by atoms with van der Waals surface area (Å²) in [5.41, 5.74) is 0. The Labute approximate surface area is 135 Å². The standard InChI is InChI=1S/C16H34N4S/c1-6-17-15(19-13-16(2,3)21-5)18-10-7-14-8-11-20(4)12-9-14/h14H,6-13H2,1-5H3,(H2,17,18,19). The van der Waals surface area contributed by atoms with Crippen LogP contribution in [0.1, 0.15) is 40.0 Å². The fraction of sp³-hybridized carbons (Fsp3) is 0.938. The first kappa shape index (κ1) is 18.6. The summed E-state index contributed by atoms with van der Waals surface area (Å²) < 4.78 is 0.205. The van der Waals surface area contributed by atoms with Gasteiger partial charge in [-0.15, -0.1) is 0 Å². The van der Waals surface area contributed by atoms with Crippen LogP contribution in [0.15, 0.2) is 4.99 Å². The van der Waals surface area contributed by atoms with Gasteiger partial charge in [0.25, 0.3) is 0 Å². The van der Waals surface area contributed by atoms with E-state index in [0.717, 1.165) is 31.5 Å². The molecule has 0 aromatic carbocycles. The third kappa shape index (κ3) is 7.96. The maximum absolute atomic E-state index is 4.72. The molecule has 1 aliphatic rings. The summed E-state index contributed by atoms with van der Waals surface area (Å²) >= 11 is 1.87. The second kappa shape index (κ2) is 9.57. The Hall–Kier alpha value is -0.420. The highest BCUT2D eigenvalue weighted by Gasteiger charge is 2.17. The van der Waals surface area contributed by atoms with Gasteiger partial charge >= 0.3 is 0 Å². The van der Waals surface area contributed by atoms with Crippen molar-refractivity contribution in [3.63, 3.8) is 0 Å². The van der Waals surface area contributed by atoms with Gasteiger partial charge in [-0.2, -0.15) is 11.8 Å². The van der Waals surface area contributed by atoms with Gasteiger partial charge in [0, 0.05) is 17.8 Å². The Balaban J connectivity index is 2.32. The number of piperidine rings is 1. The molecule has 1 aliphatic heterocycles. The first-order valence-corrected chi connectivity index (χ1v) is 9.45. The highest BCUT2D eigenvalue weighted by Crippen LogP contribution is 2.21. The van der Waals surface area contributed by atoms with E-state index in [1.54, 1.807) is 0 Å². The number of nitrogens with zero attached hydrogens (tertiary/aromatic N) is 2. The number of hydrogen-bond acceptors (Lipinski definition) is 3. The molecule has 2 N–H and O–H groups in total. The van der Waals surface area contributed by atoms with Gasteiger partial charge in [-0.05, 0) is 72.3 Å². The molecule has 0 aliphatic carbocycles. The van der Waals surface area contributed by atoms with Gasteiger partial charge in [-0.25, -0.2) is 0 Å². The molecule has 1 rings (SSSR count). The van der Waals surface area contributed by atoms with Crippen LogP contribution in [0.3, 0.4) is 0 Å². The first-order chi connectivity index (χ1) is 9.96. The average molecular weight is 315 g/mol. The van der Waals surface area contributed by atoms with E-state index in [4.69, 9.17) is 4.99 Å². The number of nitrogens with one attached hydrogen (secondary N) is 2. The molecule has 0 unspecified atom stereocenters. The minimum Gasteiger partial charge on any atom is -0.357 e. The largest absolute Gasteiger partial charge is 0.357 e. The molecule has 1 fully saturated rings. The van der Waals surface area contributed by atoms with E-state index in [-0.39, 0.29) is 4.75 Å². The number of thioether (sulfide) groups is 1. The van der Waals surface area contributed by atoms with Crippen molar-refractivity contribution < 1.29 is 0 Å². The summed E-state index contributed by atoms with van der Waals surface area (Å²) in [5.74, 6) is 1.84. The zero-order valence-electron chi connectivity index (χ0n) is 14.5. The number of rotatable bonds is 7. The maximum Gasteiger partial charge on any atom is 0.191 e. The summed E-state index contributed by atoms with van der Waals surface area (Å²) in [6, 6.07) is 0. The minimum absolute atomic E-state index is 0.205. The van der Waals surface area contributed by atoms with Crippen LogP contribution in [0.4, 0.5) is 0 Å². The molecule has 5 heteroatoms. The molecule has 0 spiro atoms. The van der Waals surface area contributed by atoms with Crippen LogP contribution in [-0.2, 0) is 0 Å². The Bertz CT molecular complexity index is 309. The minimum atomic E-state index is 0.205. The van der Waals surface area contributed by atoms with E-state index in [9.17, 15) is 0 Å². The molecular weight excluding hydrogens is 280 g/mol. The van der Waals surface area contributed by atoms with Crippen molar-refractivity contribution in [2.24, 2.45) is 10.9 Å². The lowest BCUT2D eigenvalue weighted by Crippen LogP contribution is -2.40. The second-order valence-corrected chi connectivity index (χ2v) is 8.13. The SMILES string of the molecule is CCNC(=NCC(C)(C)SC)NCCC1CCN(C)CC1. The van der Waals surface area contributed by atoms with Crippen LogP contribution < -0.4 is 10.6 Å². The van der Waals surface area contributed by atoms with Gasteiger partial charge < -0.3 is 15.5 Å². The van der Waals surface area contributed by atoms with Gasteiger partial charge in [0.05, 0.1) is 6.54 Å². The molecule has 1 saturated heterocycles. The Morgan fingerprint density at radius 2 is 1.95 bits per heavy atom. The van der Waals surface area contributed by atoms with Gasteiger partial charge in [0.1, 0.15) is 0 Å². The zero-order valence-corrected chi connectivity index (χ0v) is 15.4. The van der Waals surface area contributed by atoms with Crippen molar-refractivity contribution in [1.29, 1.82) is 0 Å². The molecule has 4 nitrogen and oxygen atoms in total. The second-order valence-electron chi connectivity index (χ2n) is 6.62. The molecule has 0 radical (unpaired) electrons. The summed E-state index contributed by atoms with van der Waals surface area (Å²) in [4.78, 5) is 7.15. The molecule has 0 aromatic heterocycles. The van der Waals surface area contributed by atoms with Gasteiger partial charge in [-0.3, -0.25) is 4.99 Å². The lowest BCUT2D eigenvalue weighted by Gasteiger charge is -2.29. The summed E-state index contributed by atoms with van der Waals surface area (Å²) in [5, 5.41) is 6.84. The van der Waals surface area contributed by atoms with Crippen LogP contribution in [0, 0.1) is 5.92 Å². The molecule has 0 bridgehead atoms. The topological polar surface area (TPSA) is 39.7 Å². The first-order valence-electron chi connectivity index (χ1n) is 8.22. The maximum atomic E-state index is 4.72. The normalized spacial score (nSPS) is 18.8. The highest BCUT2D eigenvalue weighted by molar-refractivity contribution is 7.99. The molecule has 1 heterocycles. The van der Waals surface area contributed by atoms with E-state index < -0.39 is 0 Å². The Morgan fingerprint density at radius 3 is 2.52 bits per heavy atom. The van der Waals surface area contributed by atoms with E-state index in [1.165, 1.54) is 32.4 Å². The van der Waals surface area contributed by atoms with E-state index in [0.29, 0.717) is 0 Å². The third-order valence-electron chi connectivity index (χ3n) is 4.20. The molecule has 0 amide bonds. The van der Waals surface area contributed by atoms with Crippen LogP contribution in [0.2, 0.25) is 0 Å². The molecule has 0 saturated carbocycles. The van der Waals surface area contributed by atoms with Crippen LogP contribution in [0.25, 0.3) is 0 Å². The zero-order chi connectivity index (χ0) is 15.7. The summed E-state index contributed by atoms with van der Waals surface area (Å²) in [6.45, 7) is 11.9. The Morgan fingerprint density at radius 1 is 1.29 bits per heavy atom. The van der Waals surface area contributed by atoms with E-state index in [1.807, 2.05) is 11.8 Å². The molecule has 0 aromatic rings. The predicted octanol–water partition coefficient (Wildman–Crippen LogP) is 2.42. The summed E-state index contributed by atoms with van der Waals surface area (Å²) in [7, 11) is 2.22. The fourth-order valence-electron chi connectivity index (χ4n) is 2.42. The van der Waals surface area contributed by atoms with Crippen molar-refractivity contribution in [3.05, 3.63) is 0 Å². The summed E-state index contributed by atoms with van der Waals surface area (Å²) in [6.07, 6.45) is 6.08. The molecular formula is C16H34N4S. The number of aliphatic imine (C=N–C) groups is 1. The van der Waals surface area contributed by atoms with Crippen molar-refractivity contribution in [2.75, 3.05) is 46.0 Å². The molecule has 0 atom stereocenters. The predicted molar refractivity (Wildman–Crippen MR) is 96.4 cm³/mol. The van der Waals surface area contributed by atoms with Gasteiger partial charge in [-0.1, -0.05) is 0 Å². The third-order valence-corrected chi connectivity index (χ3v) is 5.43. The lowest BCUT2D eigenvalue weighted by atomic mass is 9.94. The number of guanidine groups is 1. The van der Waals surface area contributed by atoms with Crippen LogP contribution >= 0.6 is 11.8 Å². The average Bonchev–Trinajstić information content (AvgIpc) is 2.47. The van der Waals surface area contributed by atoms with Crippen molar-refractivity contribution >= 4 is 17.7 Å². The van der Waals surface area contributed by atoms with Crippen molar-refractivity contribution in [3.8, 4) is 0 Å². The van der Waals surface area contributed by atoms with Gasteiger partial charge in [0.2, 0.25) is 0 Å². The van der Waals surface area contributed by atoms with Crippen molar-refractivity contribution in [2.45, 2.75) is 44.8 Å². The molecule has 21 heavy (non-hydrogen) atoms. The smallest absolute Gasteiger partial charge is 0.191 e. The quantitative estimate of drug-likeness (QED) is 0.559. The fourth-order valence-corrected chi connectivity index (χ4v) is 2.61. The Kier molecular flexibility index (Phi) is 8.49. The van der Waals surface area contributed by atoms with E-state index in [2.05, 4.69) is 49.6 Å². The van der Waals surface area contributed by atoms with Crippen molar-refractivity contribution in [1.82, 2.24) is 15.5 Å². The molecule has 124 valence electrons. The van der Waals surface area contributed by atoms with Gasteiger partial charge in [0.15, 0.2) is 5.96 Å². The highest BCUT2D eigenvalue weighted by atomic mass is 32.2. The number of likely N-dealkylation sites (tertiary alicyclic amines) is 1. The number of hydrogen-bond donors (Lipinski definition) is 2. The van der Waals surface area contributed by atoms with Crippen LogP contribution in [-0.4, -0.2) is 61.6 Å². The lowest BCUT2D eigenvalue weighted by molar-refractivity contribution is 0.213. The van der Waals surface area contributed by atoms with E-state index >= 15 is 0 Å².